The Labute approximate surface area is 202 Å². The first-order valence-electron chi connectivity index (χ1n) is 11.2. The number of halogens is 1. The zero-order valence-corrected chi connectivity index (χ0v) is 18.7. The molecule has 0 saturated carbocycles. The van der Waals surface area contributed by atoms with Crippen LogP contribution in [-0.4, -0.2) is 24.8 Å². The van der Waals surface area contributed by atoms with Gasteiger partial charge in [-0.2, -0.15) is 0 Å². The number of carbonyl (C=O) groups is 1. The first-order valence-corrected chi connectivity index (χ1v) is 11.2. The van der Waals surface area contributed by atoms with E-state index in [2.05, 4.69) is 10.3 Å². The molecule has 178 valence electrons. The van der Waals surface area contributed by atoms with Gasteiger partial charge in [0.15, 0.2) is 0 Å². The summed E-state index contributed by atoms with van der Waals surface area (Å²) < 4.78 is 17.7. The summed E-state index contributed by atoms with van der Waals surface area (Å²) in [6, 6.07) is 19.3. The van der Waals surface area contributed by atoms with E-state index in [4.69, 9.17) is 0 Å². The molecular formula is C26H18FN5O4. The SMILES string of the molecule is O=C1C[C@@H](c2cccc([N+](=O)[O-])c2)c2c(n3c4ccccc4nc3n(Cc3ccccc3F)c2=O)N1. The summed E-state index contributed by atoms with van der Waals surface area (Å²) >= 11 is 0. The van der Waals surface area contributed by atoms with Gasteiger partial charge in [0.2, 0.25) is 11.7 Å². The molecule has 1 atom stereocenters. The Morgan fingerprint density at radius 2 is 1.83 bits per heavy atom. The number of hydrogen-bond donors (Lipinski definition) is 1. The van der Waals surface area contributed by atoms with E-state index in [9.17, 15) is 24.1 Å². The lowest BCUT2D eigenvalue weighted by atomic mass is 9.86. The van der Waals surface area contributed by atoms with Crippen LogP contribution in [0.2, 0.25) is 0 Å². The molecule has 1 N–H and O–H groups in total. The molecule has 0 radical (unpaired) electrons. The molecule has 3 aromatic carbocycles. The molecular weight excluding hydrogens is 465 g/mol. The Hall–Kier alpha value is -4.86. The summed E-state index contributed by atoms with van der Waals surface area (Å²) in [5.74, 6) is -1.01. The van der Waals surface area contributed by atoms with Crippen LogP contribution in [0.15, 0.2) is 77.6 Å². The minimum Gasteiger partial charge on any atom is -0.311 e. The Morgan fingerprint density at radius 1 is 1.06 bits per heavy atom. The molecule has 0 bridgehead atoms. The second-order valence-corrected chi connectivity index (χ2v) is 8.64. The van der Waals surface area contributed by atoms with E-state index in [1.165, 1.54) is 28.8 Å². The average molecular weight is 483 g/mol. The summed E-state index contributed by atoms with van der Waals surface area (Å²) in [5.41, 5.74) is 1.71. The maximum atomic E-state index is 14.6. The Balaban J connectivity index is 1.69. The van der Waals surface area contributed by atoms with Crippen molar-refractivity contribution in [3.63, 3.8) is 0 Å². The van der Waals surface area contributed by atoms with Crippen molar-refractivity contribution in [3.8, 4) is 0 Å². The molecule has 2 aromatic heterocycles. The molecule has 0 unspecified atom stereocenters. The largest absolute Gasteiger partial charge is 0.311 e. The predicted molar refractivity (Wildman–Crippen MR) is 131 cm³/mol. The third-order valence-electron chi connectivity index (χ3n) is 6.50. The predicted octanol–water partition coefficient (Wildman–Crippen LogP) is 4.22. The normalized spacial score (nSPS) is 15.1. The van der Waals surface area contributed by atoms with Gasteiger partial charge in [0.25, 0.3) is 11.2 Å². The fourth-order valence-electron chi connectivity index (χ4n) is 4.86. The monoisotopic (exact) mass is 483 g/mol. The zero-order valence-electron chi connectivity index (χ0n) is 18.7. The number of hydrogen-bond acceptors (Lipinski definition) is 5. The lowest BCUT2D eigenvalue weighted by Gasteiger charge is -2.27. The summed E-state index contributed by atoms with van der Waals surface area (Å²) in [6.45, 7) is -0.0821. The quantitative estimate of drug-likeness (QED) is 0.304. The van der Waals surface area contributed by atoms with Crippen LogP contribution in [0, 0.1) is 15.9 Å². The zero-order chi connectivity index (χ0) is 25.0. The number of non-ortho nitro benzene ring substituents is 1. The molecule has 6 rings (SSSR count). The number of anilines is 1. The van der Waals surface area contributed by atoms with E-state index in [1.54, 1.807) is 34.7 Å². The molecule has 0 saturated heterocycles. The van der Waals surface area contributed by atoms with Crippen molar-refractivity contribution in [3.05, 3.63) is 116 Å². The van der Waals surface area contributed by atoms with Gasteiger partial charge in [-0.15, -0.1) is 0 Å². The van der Waals surface area contributed by atoms with Gasteiger partial charge in [-0.1, -0.05) is 42.5 Å². The fourth-order valence-corrected chi connectivity index (χ4v) is 4.86. The third-order valence-corrected chi connectivity index (χ3v) is 6.50. The second-order valence-electron chi connectivity index (χ2n) is 8.64. The van der Waals surface area contributed by atoms with E-state index in [1.807, 2.05) is 18.2 Å². The molecule has 0 aliphatic carbocycles. The summed E-state index contributed by atoms with van der Waals surface area (Å²) in [7, 11) is 0. The summed E-state index contributed by atoms with van der Waals surface area (Å²) in [5, 5.41) is 14.2. The van der Waals surface area contributed by atoms with Gasteiger partial charge in [-0.25, -0.2) is 9.37 Å². The lowest BCUT2D eigenvalue weighted by molar-refractivity contribution is -0.384. The molecule has 1 aliphatic heterocycles. The lowest BCUT2D eigenvalue weighted by Crippen LogP contribution is -2.36. The highest BCUT2D eigenvalue weighted by Crippen LogP contribution is 2.37. The minimum absolute atomic E-state index is 0.0682. The van der Waals surface area contributed by atoms with Crippen molar-refractivity contribution in [1.82, 2.24) is 14.0 Å². The Bertz CT molecular complexity index is 1770. The van der Waals surface area contributed by atoms with Gasteiger partial charge < -0.3 is 5.32 Å². The van der Waals surface area contributed by atoms with Gasteiger partial charge in [0.1, 0.15) is 11.6 Å². The molecule has 3 heterocycles. The number of nitro benzene ring substituents is 1. The standard InChI is InChI=1S/C26H18FN5O4/c27-19-9-2-1-6-16(19)14-30-25(34)23-18(15-7-5-8-17(12-15)32(35)36)13-22(33)29-24(23)31-21-11-4-3-10-20(21)28-26(30)31/h1-12,18H,13-14H2,(H,29,33)/t18-/m0/s1. The van der Waals surface area contributed by atoms with Gasteiger partial charge in [0, 0.05) is 30.0 Å². The second kappa shape index (κ2) is 8.12. The van der Waals surface area contributed by atoms with E-state index >= 15 is 0 Å². The number of benzene rings is 3. The molecule has 9 nitrogen and oxygen atoms in total. The number of imidazole rings is 1. The van der Waals surface area contributed by atoms with Crippen LogP contribution in [0.1, 0.15) is 29.0 Å². The van der Waals surface area contributed by atoms with E-state index in [0.29, 0.717) is 22.2 Å². The number of nitrogens with zero attached hydrogens (tertiary/aromatic N) is 4. The van der Waals surface area contributed by atoms with Crippen molar-refractivity contribution >= 4 is 34.2 Å². The third kappa shape index (κ3) is 3.34. The van der Waals surface area contributed by atoms with Crippen molar-refractivity contribution in [2.24, 2.45) is 0 Å². The van der Waals surface area contributed by atoms with Crippen LogP contribution in [0.3, 0.4) is 0 Å². The number of para-hydroxylation sites is 2. The fraction of sp³-hybridized carbons (Fsp3) is 0.115. The van der Waals surface area contributed by atoms with Gasteiger partial charge in [-0.3, -0.25) is 28.7 Å². The van der Waals surface area contributed by atoms with E-state index in [0.717, 1.165) is 0 Å². The van der Waals surface area contributed by atoms with Crippen molar-refractivity contribution in [2.45, 2.75) is 18.9 Å². The van der Waals surface area contributed by atoms with Crippen molar-refractivity contribution in [2.75, 3.05) is 5.32 Å². The van der Waals surface area contributed by atoms with Gasteiger partial charge in [-0.05, 0) is 23.8 Å². The molecule has 36 heavy (non-hydrogen) atoms. The molecule has 0 fully saturated rings. The molecule has 5 aromatic rings. The number of amides is 1. The van der Waals surface area contributed by atoms with Crippen molar-refractivity contribution in [1.29, 1.82) is 0 Å². The maximum Gasteiger partial charge on any atom is 0.269 e. The summed E-state index contributed by atoms with van der Waals surface area (Å²) in [4.78, 5) is 42.4. The van der Waals surface area contributed by atoms with Gasteiger partial charge in [0.05, 0.1) is 28.1 Å². The molecule has 10 heteroatoms. The van der Waals surface area contributed by atoms with E-state index < -0.39 is 22.2 Å². The molecule has 0 spiro atoms. The minimum atomic E-state index is -0.737. The van der Waals surface area contributed by atoms with Crippen LogP contribution in [-0.2, 0) is 11.3 Å². The maximum absolute atomic E-state index is 14.6. The van der Waals surface area contributed by atoms with Crippen molar-refractivity contribution < 1.29 is 14.1 Å². The first kappa shape index (κ1) is 21.7. The highest BCUT2D eigenvalue weighted by molar-refractivity contribution is 5.96. The number of aromatic nitrogens is 3. The smallest absolute Gasteiger partial charge is 0.269 e. The average Bonchev–Trinajstić information content (AvgIpc) is 3.27. The summed E-state index contributed by atoms with van der Waals surface area (Å²) in [6.07, 6.45) is -0.0682. The number of nitrogens with one attached hydrogen (secondary N) is 1. The number of rotatable bonds is 4. The van der Waals surface area contributed by atoms with Gasteiger partial charge >= 0.3 is 0 Å². The van der Waals surface area contributed by atoms with Crippen LogP contribution in [0.5, 0.6) is 0 Å². The number of nitro groups is 1. The van der Waals surface area contributed by atoms with Crippen LogP contribution in [0.25, 0.3) is 16.8 Å². The highest BCUT2D eigenvalue weighted by atomic mass is 19.1. The first-order chi connectivity index (χ1) is 17.4. The number of fused-ring (bicyclic) bond motifs is 5. The molecule has 1 aliphatic rings. The topological polar surface area (TPSA) is 112 Å². The Kier molecular flexibility index (Phi) is 4.89. The van der Waals surface area contributed by atoms with Crippen LogP contribution >= 0.6 is 0 Å². The van der Waals surface area contributed by atoms with E-state index in [-0.39, 0.29) is 41.7 Å². The highest BCUT2D eigenvalue weighted by Gasteiger charge is 2.34. The van der Waals surface area contributed by atoms with Crippen LogP contribution < -0.4 is 10.9 Å². The Morgan fingerprint density at radius 3 is 2.64 bits per heavy atom. The number of carbonyl (C=O) groups excluding carboxylic acids is 1. The molecule has 1 amide bonds. The van der Waals surface area contributed by atoms with Crippen LogP contribution in [0.4, 0.5) is 15.9 Å².